The minimum Gasteiger partial charge on any atom is -0.375 e. The standard InChI is InChI=1S/C15H27N.C10H12FNO.C8H6FN/c1-2-3-11-15(14-9-5-6-10-14)16-12-7-4-8-13-16;1-3-8-4-9(11)5-10(7(8)2)12-6-13;1-6-2-3-7(5-10)8(9)4-6/h11,14H,2-10,12-13H2,1H3;4-6H,3H2,1-2H3,(H,12,13);2-4H,1H3/b15-11-;;. The lowest BCUT2D eigenvalue weighted by Crippen LogP contribution is -2.31. The number of piperidine rings is 1. The third-order valence-electron chi connectivity index (χ3n) is 7.46. The fourth-order valence-electron chi connectivity index (χ4n) is 5.25. The molecule has 4 nitrogen and oxygen atoms in total. The van der Waals surface area contributed by atoms with E-state index in [1.165, 1.54) is 95.1 Å². The van der Waals surface area contributed by atoms with Gasteiger partial charge in [-0.25, -0.2) is 8.78 Å². The van der Waals surface area contributed by atoms with Gasteiger partial charge in [-0.05, 0) is 106 Å². The van der Waals surface area contributed by atoms with Gasteiger partial charge < -0.3 is 10.2 Å². The second-order valence-corrected chi connectivity index (χ2v) is 10.4. The minimum absolute atomic E-state index is 0.102. The molecule has 2 aromatic rings. The second kappa shape index (κ2) is 17.4. The largest absolute Gasteiger partial charge is 0.375 e. The second-order valence-electron chi connectivity index (χ2n) is 10.4. The molecule has 0 unspecified atom stereocenters. The number of amides is 1. The SMILES string of the molecule is CCC/C=C(/C1CCCC1)N1CCCCC1.CCc1cc(F)cc(NC=O)c1C.Cc1ccc(C#N)c(F)c1. The molecule has 0 radical (unpaired) electrons. The molecule has 212 valence electrons. The fraction of sp³-hybridized carbons (Fsp3) is 0.515. The van der Waals surface area contributed by atoms with Crippen LogP contribution >= 0.6 is 0 Å². The van der Waals surface area contributed by atoms with E-state index >= 15 is 0 Å². The van der Waals surface area contributed by atoms with Crippen LogP contribution in [-0.4, -0.2) is 24.4 Å². The Morgan fingerprint density at radius 3 is 2.31 bits per heavy atom. The quantitative estimate of drug-likeness (QED) is 0.360. The van der Waals surface area contributed by atoms with Crippen molar-refractivity contribution < 1.29 is 13.6 Å². The number of hydrogen-bond acceptors (Lipinski definition) is 3. The maximum atomic E-state index is 13.0. The van der Waals surface area contributed by atoms with Crippen molar-refractivity contribution in [3.05, 3.63) is 76.0 Å². The Labute approximate surface area is 234 Å². The number of nitriles is 1. The highest BCUT2D eigenvalue weighted by molar-refractivity contribution is 5.74. The molecule has 39 heavy (non-hydrogen) atoms. The van der Waals surface area contributed by atoms with Gasteiger partial charge in [-0.1, -0.05) is 45.3 Å². The highest BCUT2D eigenvalue weighted by atomic mass is 19.1. The average Bonchev–Trinajstić information content (AvgIpc) is 3.47. The molecule has 2 aliphatic rings. The van der Waals surface area contributed by atoms with Crippen LogP contribution < -0.4 is 5.32 Å². The van der Waals surface area contributed by atoms with Crippen molar-refractivity contribution in [2.24, 2.45) is 5.92 Å². The van der Waals surface area contributed by atoms with Crippen LogP contribution in [0.4, 0.5) is 14.5 Å². The summed E-state index contributed by atoms with van der Waals surface area (Å²) in [6.07, 6.45) is 16.5. The number of nitrogens with zero attached hydrogens (tertiary/aromatic N) is 2. The van der Waals surface area contributed by atoms with Crippen molar-refractivity contribution in [2.75, 3.05) is 18.4 Å². The summed E-state index contributed by atoms with van der Waals surface area (Å²) in [4.78, 5) is 12.9. The highest BCUT2D eigenvalue weighted by Gasteiger charge is 2.24. The van der Waals surface area contributed by atoms with Gasteiger partial charge in [0, 0.05) is 24.5 Å². The van der Waals surface area contributed by atoms with Crippen LogP contribution in [0.5, 0.6) is 0 Å². The zero-order valence-electron chi connectivity index (χ0n) is 24.2. The summed E-state index contributed by atoms with van der Waals surface area (Å²) in [6, 6.07) is 9.09. The van der Waals surface area contributed by atoms with E-state index in [0.717, 1.165) is 29.0 Å². The number of hydrogen-bond donors (Lipinski definition) is 1. The first-order valence-electron chi connectivity index (χ1n) is 14.4. The summed E-state index contributed by atoms with van der Waals surface area (Å²) in [6.45, 7) is 10.5. The number of nitrogens with one attached hydrogen (secondary N) is 1. The summed E-state index contributed by atoms with van der Waals surface area (Å²) in [5, 5.41) is 10.8. The number of halogens is 2. The van der Waals surface area contributed by atoms with E-state index in [4.69, 9.17) is 5.26 Å². The van der Waals surface area contributed by atoms with Gasteiger partial charge in [-0.2, -0.15) is 5.26 Å². The van der Waals surface area contributed by atoms with Gasteiger partial charge >= 0.3 is 0 Å². The van der Waals surface area contributed by atoms with Gasteiger partial charge in [0.25, 0.3) is 0 Å². The Kier molecular flexibility index (Phi) is 14.3. The van der Waals surface area contributed by atoms with E-state index in [2.05, 4.69) is 23.2 Å². The number of rotatable bonds is 7. The lowest BCUT2D eigenvalue weighted by molar-refractivity contribution is -0.105. The average molecular weight is 538 g/mol. The molecule has 2 aromatic carbocycles. The van der Waals surface area contributed by atoms with Gasteiger partial charge in [-0.15, -0.1) is 0 Å². The molecule has 4 rings (SSSR count). The number of likely N-dealkylation sites (tertiary alicyclic amines) is 1. The lowest BCUT2D eigenvalue weighted by atomic mass is 9.98. The van der Waals surface area contributed by atoms with Crippen LogP contribution in [0, 0.1) is 42.7 Å². The number of benzene rings is 2. The zero-order chi connectivity index (χ0) is 28.6. The lowest BCUT2D eigenvalue weighted by Gasteiger charge is -2.34. The van der Waals surface area contributed by atoms with Gasteiger partial charge in [0.2, 0.25) is 6.41 Å². The summed E-state index contributed by atoms with van der Waals surface area (Å²) < 4.78 is 25.6. The normalized spacial score (nSPS) is 15.4. The molecule has 1 aliphatic carbocycles. The van der Waals surface area contributed by atoms with Crippen molar-refractivity contribution in [2.45, 2.75) is 91.9 Å². The number of carbonyl (C=O) groups is 1. The Morgan fingerprint density at radius 2 is 1.74 bits per heavy atom. The Balaban J connectivity index is 0.000000211. The molecule has 1 amide bonds. The van der Waals surface area contributed by atoms with Gasteiger partial charge in [-0.3, -0.25) is 4.79 Å². The first kappa shape index (κ1) is 32.0. The molecule has 1 heterocycles. The molecule has 0 spiro atoms. The van der Waals surface area contributed by atoms with Crippen LogP contribution in [0.1, 0.15) is 93.9 Å². The zero-order valence-corrected chi connectivity index (χ0v) is 24.2. The molecule has 1 saturated carbocycles. The van der Waals surface area contributed by atoms with Crippen molar-refractivity contribution in [1.82, 2.24) is 4.90 Å². The topological polar surface area (TPSA) is 56.1 Å². The molecule has 0 atom stereocenters. The van der Waals surface area contributed by atoms with Crippen LogP contribution in [-0.2, 0) is 11.2 Å². The third-order valence-corrected chi connectivity index (χ3v) is 7.46. The first-order chi connectivity index (χ1) is 18.8. The summed E-state index contributed by atoms with van der Waals surface area (Å²) >= 11 is 0. The molecule has 0 bridgehead atoms. The number of anilines is 1. The number of allylic oxidation sites excluding steroid dienone is 2. The maximum Gasteiger partial charge on any atom is 0.211 e. The van der Waals surface area contributed by atoms with E-state index in [1.807, 2.05) is 13.8 Å². The molecule has 6 heteroatoms. The van der Waals surface area contributed by atoms with Crippen molar-refractivity contribution in [1.29, 1.82) is 5.26 Å². The van der Waals surface area contributed by atoms with Crippen LogP contribution in [0.3, 0.4) is 0 Å². The van der Waals surface area contributed by atoms with Crippen LogP contribution in [0.15, 0.2) is 42.1 Å². The van der Waals surface area contributed by atoms with Crippen molar-refractivity contribution in [3.63, 3.8) is 0 Å². The Bertz CT molecular complexity index is 1110. The monoisotopic (exact) mass is 537 g/mol. The van der Waals surface area contributed by atoms with Crippen LogP contribution in [0.25, 0.3) is 0 Å². The van der Waals surface area contributed by atoms with Gasteiger partial charge in [0.15, 0.2) is 0 Å². The highest BCUT2D eigenvalue weighted by Crippen LogP contribution is 2.34. The van der Waals surface area contributed by atoms with Gasteiger partial charge in [0.1, 0.15) is 17.7 Å². The van der Waals surface area contributed by atoms with Crippen molar-refractivity contribution in [3.8, 4) is 6.07 Å². The molecule has 1 N–H and O–H groups in total. The maximum absolute atomic E-state index is 13.0. The summed E-state index contributed by atoms with van der Waals surface area (Å²) in [7, 11) is 0. The number of unbranched alkanes of at least 4 members (excludes halogenated alkanes) is 1. The first-order valence-corrected chi connectivity index (χ1v) is 14.4. The molecule has 0 aromatic heterocycles. The molecule has 2 fully saturated rings. The minimum atomic E-state index is -0.442. The predicted octanol–water partition coefficient (Wildman–Crippen LogP) is 8.62. The smallest absolute Gasteiger partial charge is 0.211 e. The number of carbonyl (C=O) groups excluding carboxylic acids is 1. The van der Waals surface area contributed by atoms with E-state index in [0.29, 0.717) is 12.1 Å². The molecule has 1 saturated heterocycles. The molecule has 1 aliphatic heterocycles. The number of aryl methyl sites for hydroxylation is 2. The van der Waals surface area contributed by atoms with E-state index in [1.54, 1.807) is 24.8 Å². The predicted molar refractivity (Wildman–Crippen MR) is 156 cm³/mol. The molecular weight excluding hydrogens is 492 g/mol. The Hall–Kier alpha value is -3.20. The van der Waals surface area contributed by atoms with Gasteiger partial charge in [0.05, 0.1) is 5.56 Å². The van der Waals surface area contributed by atoms with Crippen LogP contribution in [0.2, 0.25) is 0 Å². The fourth-order valence-corrected chi connectivity index (χ4v) is 5.25. The van der Waals surface area contributed by atoms with E-state index in [-0.39, 0.29) is 11.4 Å². The molecular formula is C33H45F2N3O. The Morgan fingerprint density at radius 1 is 1.05 bits per heavy atom. The summed E-state index contributed by atoms with van der Waals surface area (Å²) in [5.41, 5.74) is 5.05. The third kappa shape index (κ3) is 10.5. The van der Waals surface area contributed by atoms with E-state index < -0.39 is 5.82 Å². The van der Waals surface area contributed by atoms with Crippen molar-refractivity contribution >= 4 is 12.1 Å². The van der Waals surface area contributed by atoms with E-state index in [9.17, 15) is 13.6 Å². The summed E-state index contributed by atoms with van der Waals surface area (Å²) in [5.74, 6) is 0.152.